The maximum atomic E-state index is 11.2. The number of likely N-dealkylation sites (N-methyl/N-ethyl adjacent to an activating group) is 1. The van der Waals surface area contributed by atoms with Crippen LogP contribution in [0.4, 0.5) is 11.4 Å². The number of benzene rings is 1. The van der Waals surface area contributed by atoms with E-state index in [1.807, 2.05) is 21.1 Å². The van der Waals surface area contributed by atoms with Gasteiger partial charge in [-0.3, -0.25) is 9.63 Å². The molecule has 1 N–H and O–H groups in total. The minimum atomic E-state index is -0.289. The molecular weight excluding hydrogens is 254 g/mol. The molecule has 0 aliphatic rings. The molecule has 0 aromatic heterocycles. The Bertz CT molecular complexity index is 455. The Kier molecular flexibility index (Phi) is 6.06. The zero-order chi connectivity index (χ0) is 15.1. The Morgan fingerprint density at radius 1 is 1.20 bits per heavy atom. The summed E-state index contributed by atoms with van der Waals surface area (Å²) < 4.78 is 0. The van der Waals surface area contributed by atoms with Crippen molar-refractivity contribution in [2.24, 2.45) is 0 Å². The molecule has 0 bridgehead atoms. The van der Waals surface area contributed by atoms with E-state index in [1.54, 1.807) is 6.92 Å². The number of carbonyl (C=O) groups is 1. The van der Waals surface area contributed by atoms with E-state index < -0.39 is 0 Å². The van der Waals surface area contributed by atoms with Crippen LogP contribution in [-0.4, -0.2) is 40.2 Å². The Balaban J connectivity index is 2.37. The number of hydrogen-bond donors (Lipinski definition) is 1. The van der Waals surface area contributed by atoms with Gasteiger partial charge in [-0.25, -0.2) is 5.48 Å². The maximum absolute atomic E-state index is 11.2. The van der Waals surface area contributed by atoms with E-state index in [9.17, 15) is 4.79 Å². The first-order valence-electron chi connectivity index (χ1n) is 6.48. The first-order valence-corrected chi connectivity index (χ1v) is 6.48. The summed E-state index contributed by atoms with van der Waals surface area (Å²) in [5, 5.41) is 0. The predicted octanol–water partition coefficient (Wildman–Crippen LogP) is 1.81. The number of rotatable bonds is 7. The van der Waals surface area contributed by atoms with E-state index in [-0.39, 0.29) is 5.91 Å². The van der Waals surface area contributed by atoms with E-state index in [2.05, 4.69) is 46.1 Å². The second-order valence-corrected chi connectivity index (χ2v) is 4.89. The molecule has 1 amide bonds. The Labute approximate surface area is 120 Å². The number of anilines is 2. The lowest BCUT2D eigenvalue weighted by atomic mass is 10.2. The van der Waals surface area contributed by atoms with Crippen molar-refractivity contribution in [2.75, 3.05) is 44.1 Å². The molecule has 5 nitrogen and oxygen atoms in total. The molecule has 0 heterocycles. The molecule has 0 spiro atoms. The van der Waals surface area contributed by atoms with Crippen molar-refractivity contribution in [1.29, 1.82) is 0 Å². The van der Waals surface area contributed by atoms with Crippen molar-refractivity contribution in [3.63, 3.8) is 0 Å². The fourth-order valence-electron chi connectivity index (χ4n) is 1.52. The topological polar surface area (TPSA) is 44.8 Å². The molecule has 5 heteroatoms. The van der Waals surface area contributed by atoms with E-state index in [0.717, 1.165) is 11.4 Å². The second kappa shape index (κ2) is 7.55. The monoisotopic (exact) mass is 277 g/mol. The lowest BCUT2D eigenvalue weighted by Crippen LogP contribution is -2.29. The van der Waals surface area contributed by atoms with Crippen LogP contribution in [0.3, 0.4) is 0 Å². The molecule has 0 radical (unpaired) electrons. The average molecular weight is 277 g/mol. The largest absolute Gasteiger partial charge is 0.378 e. The molecule has 0 saturated heterocycles. The summed E-state index contributed by atoms with van der Waals surface area (Å²) in [4.78, 5) is 20.4. The van der Waals surface area contributed by atoms with Crippen LogP contribution in [0, 0.1) is 0 Å². The van der Waals surface area contributed by atoms with Crippen molar-refractivity contribution in [2.45, 2.75) is 6.92 Å². The third-order valence-electron chi connectivity index (χ3n) is 2.89. The summed E-state index contributed by atoms with van der Waals surface area (Å²) in [6, 6.07) is 8.24. The van der Waals surface area contributed by atoms with Gasteiger partial charge in [0.1, 0.15) is 0 Å². The minimum Gasteiger partial charge on any atom is -0.378 e. The zero-order valence-electron chi connectivity index (χ0n) is 12.6. The molecule has 0 aliphatic carbocycles. The maximum Gasteiger partial charge on any atom is 0.269 e. The summed E-state index contributed by atoms with van der Waals surface area (Å²) >= 11 is 0. The van der Waals surface area contributed by atoms with Crippen LogP contribution in [0.1, 0.15) is 6.92 Å². The molecule has 1 rings (SSSR count). The standard InChI is InChI=1S/C15H23N3O2/c1-12(2)15(19)16-20-11-10-18(5)14-8-6-13(7-9-14)17(3)4/h6-9H,1,10-11H2,2-5H3,(H,16,19). The second-order valence-electron chi connectivity index (χ2n) is 4.89. The fraction of sp³-hybridized carbons (Fsp3) is 0.400. The van der Waals surface area contributed by atoms with Gasteiger partial charge in [0.05, 0.1) is 6.61 Å². The van der Waals surface area contributed by atoms with Gasteiger partial charge in [0.2, 0.25) is 0 Å². The quantitative estimate of drug-likeness (QED) is 0.469. The number of carbonyl (C=O) groups excluding carboxylic acids is 1. The third kappa shape index (κ3) is 4.93. The molecule has 110 valence electrons. The number of amides is 1. The number of nitrogens with zero attached hydrogens (tertiary/aromatic N) is 2. The van der Waals surface area contributed by atoms with Crippen LogP contribution in [0.15, 0.2) is 36.4 Å². The Hall–Kier alpha value is -2.01. The molecule has 0 atom stereocenters. The summed E-state index contributed by atoms with van der Waals surface area (Å²) in [5.41, 5.74) is 5.03. The highest BCUT2D eigenvalue weighted by molar-refractivity contribution is 5.91. The first-order chi connectivity index (χ1) is 9.41. The van der Waals surface area contributed by atoms with Crippen molar-refractivity contribution < 1.29 is 9.63 Å². The van der Waals surface area contributed by atoms with Gasteiger partial charge < -0.3 is 9.80 Å². The molecule has 0 aliphatic heterocycles. The van der Waals surface area contributed by atoms with Crippen LogP contribution in [0.2, 0.25) is 0 Å². The van der Waals surface area contributed by atoms with Crippen LogP contribution in [0.25, 0.3) is 0 Å². The first kappa shape index (κ1) is 16.0. The summed E-state index contributed by atoms with van der Waals surface area (Å²) in [6.45, 7) is 6.25. The van der Waals surface area contributed by atoms with Crippen molar-refractivity contribution in [1.82, 2.24) is 5.48 Å². The fourth-order valence-corrected chi connectivity index (χ4v) is 1.52. The molecule has 0 unspecified atom stereocenters. The number of hydroxylamine groups is 1. The Morgan fingerprint density at radius 3 is 2.25 bits per heavy atom. The van der Waals surface area contributed by atoms with Gasteiger partial charge in [-0.2, -0.15) is 0 Å². The van der Waals surface area contributed by atoms with Gasteiger partial charge in [0.15, 0.2) is 0 Å². The molecule has 1 aromatic rings. The van der Waals surface area contributed by atoms with Crippen molar-refractivity contribution in [3.05, 3.63) is 36.4 Å². The molecule has 0 saturated carbocycles. The van der Waals surface area contributed by atoms with E-state index in [4.69, 9.17) is 4.84 Å². The van der Waals surface area contributed by atoms with Gasteiger partial charge in [-0.05, 0) is 31.2 Å². The smallest absolute Gasteiger partial charge is 0.269 e. The average Bonchev–Trinajstić information content (AvgIpc) is 2.43. The third-order valence-corrected chi connectivity index (χ3v) is 2.89. The molecule has 1 aromatic carbocycles. The van der Waals surface area contributed by atoms with E-state index >= 15 is 0 Å². The van der Waals surface area contributed by atoms with Gasteiger partial charge in [-0.15, -0.1) is 0 Å². The highest BCUT2D eigenvalue weighted by atomic mass is 16.6. The highest BCUT2D eigenvalue weighted by Gasteiger charge is 2.04. The minimum absolute atomic E-state index is 0.289. The lowest BCUT2D eigenvalue weighted by molar-refractivity contribution is -0.129. The highest BCUT2D eigenvalue weighted by Crippen LogP contribution is 2.18. The van der Waals surface area contributed by atoms with Crippen LogP contribution >= 0.6 is 0 Å². The van der Waals surface area contributed by atoms with Gasteiger partial charge in [0.25, 0.3) is 5.91 Å². The Morgan fingerprint density at radius 2 is 1.75 bits per heavy atom. The van der Waals surface area contributed by atoms with Crippen LogP contribution in [0.5, 0.6) is 0 Å². The SMILES string of the molecule is C=C(C)C(=O)NOCCN(C)c1ccc(N(C)C)cc1. The van der Waals surface area contributed by atoms with Gasteiger partial charge >= 0.3 is 0 Å². The summed E-state index contributed by atoms with van der Waals surface area (Å²) in [6.07, 6.45) is 0. The van der Waals surface area contributed by atoms with Crippen LogP contribution < -0.4 is 15.3 Å². The normalized spacial score (nSPS) is 10.0. The number of nitrogens with one attached hydrogen (secondary N) is 1. The van der Waals surface area contributed by atoms with Gasteiger partial charge in [-0.1, -0.05) is 6.58 Å². The molecule has 0 fully saturated rings. The molecule has 20 heavy (non-hydrogen) atoms. The van der Waals surface area contributed by atoms with E-state index in [0.29, 0.717) is 18.7 Å². The predicted molar refractivity (Wildman–Crippen MR) is 82.9 cm³/mol. The molecular formula is C15H23N3O2. The van der Waals surface area contributed by atoms with E-state index in [1.165, 1.54) is 0 Å². The number of hydrogen-bond acceptors (Lipinski definition) is 4. The van der Waals surface area contributed by atoms with Gasteiger partial charge in [0, 0.05) is 44.6 Å². The summed E-state index contributed by atoms with van der Waals surface area (Å²) in [5.74, 6) is -0.289. The lowest BCUT2D eigenvalue weighted by Gasteiger charge is -2.20. The summed E-state index contributed by atoms with van der Waals surface area (Å²) in [7, 11) is 6.00. The zero-order valence-corrected chi connectivity index (χ0v) is 12.6. The van der Waals surface area contributed by atoms with Crippen LogP contribution in [-0.2, 0) is 9.63 Å². The van der Waals surface area contributed by atoms with Crippen molar-refractivity contribution in [3.8, 4) is 0 Å². The van der Waals surface area contributed by atoms with Crippen molar-refractivity contribution >= 4 is 17.3 Å².